The van der Waals surface area contributed by atoms with Crippen LogP contribution in [-0.4, -0.2) is 23.6 Å². The summed E-state index contributed by atoms with van der Waals surface area (Å²) >= 11 is 0. The van der Waals surface area contributed by atoms with Gasteiger partial charge in [0.2, 0.25) is 5.91 Å². The highest BCUT2D eigenvalue weighted by Gasteiger charge is 2.31. The molecular formula is C14H15NO4. The molecule has 5 nitrogen and oxygen atoms in total. The second kappa shape index (κ2) is 5.14. The zero-order valence-corrected chi connectivity index (χ0v) is 10.8. The predicted octanol–water partition coefficient (Wildman–Crippen LogP) is 2.18. The fourth-order valence-electron chi connectivity index (χ4n) is 2.11. The van der Waals surface area contributed by atoms with E-state index in [1.807, 2.05) is 6.92 Å². The molecule has 19 heavy (non-hydrogen) atoms. The molecule has 1 aromatic carbocycles. The first-order chi connectivity index (χ1) is 9.04. The summed E-state index contributed by atoms with van der Waals surface area (Å²) in [6.07, 6.45) is -0.0611. The first kappa shape index (κ1) is 13.1. The molecule has 0 atom stereocenters. The first-order valence-corrected chi connectivity index (χ1v) is 6.03. The van der Waals surface area contributed by atoms with Crippen LogP contribution in [-0.2, 0) is 9.59 Å². The summed E-state index contributed by atoms with van der Waals surface area (Å²) in [5, 5.41) is 9.02. The second-order valence-corrected chi connectivity index (χ2v) is 4.20. The number of hydrogen-bond donors (Lipinski definition) is 1. The van der Waals surface area contributed by atoms with Crippen LogP contribution < -0.4 is 9.64 Å². The molecular weight excluding hydrogens is 246 g/mol. The van der Waals surface area contributed by atoms with E-state index in [0.717, 1.165) is 5.75 Å². The Bertz CT molecular complexity index is 545. The van der Waals surface area contributed by atoms with E-state index in [9.17, 15) is 9.59 Å². The van der Waals surface area contributed by atoms with Gasteiger partial charge in [0, 0.05) is 11.4 Å². The maximum absolute atomic E-state index is 11.9. The van der Waals surface area contributed by atoms with E-state index >= 15 is 0 Å². The lowest BCUT2D eigenvalue weighted by Gasteiger charge is -2.18. The quantitative estimate of drug-likeness (QED) is 0.902. The van der Waals surface area contributed by atoms with Gasteiger partial charge in [0.1, 0.15) is 5.75 Å². The number of rotatable bonds is 4. The Morgan fingerprint density at radius 3 is 2.47 bits per heavy atom. The molecule has 5 heteroatoms. The molecule has 0 fully saturated rings. The SMILES string of the molecule is CCOc1ccc(N2C(=O)CC(C(=O)O)=C2C)cc1. The van der Waals surface area contributed by atoms with Gasteiger partial charge in [-0.05, 0) is 38.1 Å². The third-order valence-corrected chi connectivity index (χ3v) is 3.01. The van der Waals surface area contributed by atoms with Crippen molar-refractivity contribution < 1.29 is 19.4 Å². The number of carbonyl (C=O) groups is 2. The third-order valence-electron chi connectivity index (χ3n) is 3.01. The number of nitrogens with zero attached hydrogens (tertiary/aromatic N) is 1. The van der Waals surface area contributed by atoms with Gasteiger partial charge in [-0.3, -0.25) is 9.69 Å². The number of anilines is 1. The minimum Gasteiger partial charge on any atom is -0.494 e. The van der Waals surface area contributed by atoms with E-state index in [-0.39, 0.29) is 17.9 Å². The van der Waals surface area contributed by atoms with Crippen molar-refractivity contribution in [2.75, 3.05) is 11.5 Å². The maximum atomic E-state index is 11.9. The highest BCUT2D eigenvalue weighted by Crippen LogP contribution is 2.31. The van der Waals surface area contributed by atoms with Crippen molar-refractivity contribution in [3.8, 4) is 5.75 Å². The van der Waals surface area contributed by atoms with Crippen molar-refractivity contribution in [3.05, 3.63) is 35.5 Å². The van der Waals surface area contributed by atoms with Crippen LogP contribution in [0.1, 0.15) is 20.3 Å². The number of ether oxygens (including phenoxy) is 1. The van der Waals surface area contributed by atoms with Crippen molar-refractivity contribution in [2.24, 2.45) is 0 Å². The van der Waals surface area contributed by atoms with Crippen LogP contribution in [0.2, 0.25) is 0 Å². The van der Waals surface area contributed by atoms with Gasteiger partial charge in [-0.1, -0.05) is 0 Å². The Labute approximate surface area is 111 Å². The van der Waals surface area contributed by atoms with Crippen LogP contribution in [0.4, 0.5) is 5.69 Å². The van der Waals surface area contributed by atoms with Crippen LogP contribution in [0.25, 0.3) is 0 Å². The minimum atomic E-state index is -1.04. The van der Waals surface area contributed by atoms with Gasteiger partial charge < -0.3 is 9.84 Å². The number of hydrogen-bond acceptors (Lipinski definition) is 3. The fourth-order valence-corrected chi connectivity index (χ4v) is 2.11. The van der Waals surface area contributed by atoms with Gasteiger partial charge in [0.05, 0.1) is 18.6 Å². The molecule has 1 N–H and O–H groups in total. The molecule has 0 bridgehead atoms. The number of aliphatic carboxylic acids is 1. The molecule has 1 aromatic rings. The molecule has 0 spiro atoms. The van der Waals surface area contributed by atoms with E-state index in [4.69, 9.17) is 9.84 Å². The standard InChI is InChI=1S/C14H15NO4/c1-3-19-11-6-4-10(5-7-11)15-9(2)12(14(17)18)8-13(15)16/h4-7H,3,8H2,1-2H3,(H,17,18). The highest BCUT2D eigenvalue weighted by molar-refractivity contribution is 6.08. The smallest absolute Gasteiger partial charge is 0.333 e. The molecule has 0 radical (unpaired) electrons. The van der Waals surface area contributed by atoms with Gasteiger partial charge in [0.25, 0.3) is 0 Å². The number of carboxylic acids is 1. The minimum absolute atomic E-state index is 0.0611. The first-order valence-electron chi connectivity index (χ1n) is 6.03. The Morgan fingerprint density at radius 1 is 1.37 bits per heavy atom. The maximum Gasteiger partial charge on any atom is 0.333 e. The van der Waals surface area contributed by atoms with Crippen LogP contribution in [0.3, 0.4) is 0 Å². The summed E-state index contributed by atoms with van der Waals surface area (Å²) in [6, 6.07) is 7.02. The highest BCUT2D eigenvalue weighted by atomic mass is 16.5. The normalized spacial score (nSPS) is 15.1. The van der Waals surface area contributed by atoms with Crippen LogP contribution in [0.15, 0.2) is 35.5 Å². The lowest BCUT2D eigenvalue weighted by Crippen LogP contribution is -2.23. The van der Waals surface area contributed by atoms with E-state index < -0.39 is 5.97 Å². The summed E-state index contributed by atoms with van der Waals surface area (Å²) in [6.45, 7) is 4.11. The molecule has 0 aliphatic carbocycles. The summed E-state index contributed by atoms with van der Waals surface area (Å²) in [5.74, 6) is -0.545. The molecule has 1 aliphatic heterocycles. The van der Waals surface area contributed by atoms with Gasteiger partial charge in [0.15, 0.2) is 0 Å². The molecule has 1 amide bonds. The average Bonchev–Trinajstić information content (AvgIpc) is 2.67. The second-order valence-electron chi connectivity index (χ2n) is 4.20. The largest absolute Gasteiger partial charge is 0.494 e. The topological polar surface area (TPSA) is 66.8 Å². The Kier molecular flexibility index (Phi) is 3.55. The summed E-state index contributed by atoms with van der Waals surface area (Å²) in [5.41, 5.74) is 1.28. The Morgan fingerprint density at radius 2 is 2.00 bits per heavy atom. The number of carbonyl (C=O) groups excluding carboxylic acids is 1. The van der Waals surface area contributed by atoms with Gasteiger partial charge in [-0.25, -0.2) is 4.79 Å². The summed E-state index contributed by atoms with van der Waals surface area (Å²) in [7, 11) is 0. The molecule has 0 saturated carbocycles. The van der Waals surface area contributed by atoms with E-state index in [1.54, 1.807) is 31.2 Å². The number of allylic oxidation sites excluding steroid dienone is 1. The fraction of sp³-hybridized carbons (Fsp3) is 0.286. The van der Waals surface area contributed by atoms with Gasteiger partial charge in [-0.15, -0.1) is 0 Å². The van der Waals surface area contributed by atoms with Crippen LogP contribution in [0.5, 0.6) is 5.75 Å². The van der Waals surface area contributed by atoms with E-state index in [1.165, 1.54) is 4.90 Å². The molecule has 100 valence electrons. The Hall–Kier alpha value is -2.30. The number of benzene rings is 1. The lowest BCUT2D eigenvalue weighted by molar-refractivity contribution is -0.133. The number of carboxylic acid groups (broad SMARTS) is 1. The average molecular weight is 261 g/mol. The molecule has 0 saturated heterocycles. The van der Waals surface area contributed by atoms with Crippen molar-refractivity contribution in [3.63, 3.8) is 0 Å². The zero-order chi connectivity index (χ0) is 14.0. The summed E-state index contributed by atoms with van der Waals surface area (Å²) < 4.78 is 5.33. The monoisotopic (exact) mass is 261 g/mol. The van der Waals surface area contributed by atoms with Crippen LogP contribution >= 0.6 is 0 Å². The molecule has 1 heterocycles. The molecule has 0 aromatic heterocycles. The predicted molar refractivity (Wildman–Crippen MR) is 70.0 cm³/mol. The number of amides is 1. The van der Waals surface area contributed by atoms with Crippen LogP contribution in [0, 0.1) is 0 Å². The van der Waals surface area contributed by atoms with Crippen molar-refractivity contribution >= 4 is 17.6 Å². The van der Waals surface area contributed by atoms with Crippen molar-refractivity contribution in [1.29, 1.82) is 0 Å². The molecule has 0 unspecified atom stereocenters. The Balaban J connectivity index is 2.31. The van der Waals surface area contributed by atoms with Gasteiger partial charge in [-0.2, -0.15) is 0 Å². The molecule has 2 rings (SSSR count). The zero-order valence-electron chi connectivity index (χ0n) is 10.8. The van der Waals surface area contributed by atoms with E-state index in [0.29, 0.717) is 18.0 Å². The third kappa shape index (κ3) is 2.45. The van der Waals surface area contributed by atoms with Crippen molar-refractivity contribution in [2.45, 2.75) is 20.3 Å². The van der Waals surface area contributed by atoms with E-state index in [2.05, 4.69) is 0 Å². The van der Waals surface area contributed by atoms with Gasteiger partial charge >= 0.3 is 5.97 Å². The summed E-state index contributed by atoms with van der Waals surface area (Å²) in [4.78, 5) is 24.3. The van der Waals surface area contributed by atoms with Crippen molar-refractivity contribution in [1.82, 2.24) is 0 Å². The molecule has 1 aliphatic rings. The lowest BCUT2D eigenvalue weighted by atomic mass is 10.2.